The number of para-hydroxylation sites is 1. The smallest absolute Gasteiger partial charge is 0.312 e. The standard InChI is InChI=1S/C16H11ClN2O4/c17-10-5-6-16(14(7-10)19(21)22)23-9-15(20)12-8-18-13-4-2-1-3-11(12)13/h1-8,18H,9H2. The molecule has 7 heteroatoms. The highest BCUT2D eigenvalue weighted by Crippen LogP contribution is 2.30. The van der Waals surface area contributed by atoms with E-state index >= 15 is 0 Å². The fraction of sp³-hybridized carbons (Fsp3) is 0.0625. The number of aromatic amines is 1. The van der Waals surface area contributed by atoms with Crippen molar-refractivity contribution < 1.29 is 14.5 Å². The van der Waals surface area contributed by atoms with Crippen LogP contribution in [0.4, 0.5) is 5.69 Å². The number of nitrogens with one attached hydrogen (secondary N) is 1. The molecular formula is C16H11ClN2O4. The molecule has 1 aromatic heterocycles. The molecule has 0 atom stereocenters. The fourth-order valence-corrected chi connectivity index (χ4v) is 2.44. The van der Waals surface area contributed by atoms with Crippen molar-refractivity contribution >= 4 is 34.0 Å². The van der Waals surface area contributed by atoms with E-state index in [9.17, 15) is 14.9 Å². The molecule has 0 saturated heterocycles. The van der Waals surface area contributed by atoms with E-state index in [4.69, 9.17) is 16.3 Å². The fourth-order valence-electron chi connectivity index (χ4n) is 2.28. The van der Waals surface area contributed by atoms with Gasteiger partial charge in [-0.15, -0.1) is 0 Å². The predicted octanol–water partition coefficient (Wildman–Crippen LogP) is 3.99. The van der Waals surface area contributed by atoms with Gasteiger partial charge in [0.15, 0.2) is 12.4 Å². The summed E-state index contributed by atoms with van der Waals surface area (Å²) in [4.78, 5) is 25.7. The first kappa shape index (κ1) is 15.1. The molecule has 0 aliphatic rings. The third-order valence-electron chi connectivity index (χ3n) is 3.37. The van der Waals surface area contributed by atoms with Crippen molar-refractivity contribution in [3.8, 4) is 5.75 Å². The lowest BCUT2D eigenvalue weighted by Gasteiger charge is -2.06. The molecule has 3 aromatic rings. The minimum absolute atomic E-state index is 0.00703. The Morgan fingerprint density at radius 2 is 2.04 bits per heavy atom. The van der Waals surface area contributed by atoms with Crippen LogP contribution >= 0.6 is 11.6 Å². The minimum Gasteiger partial charge on any atom is -0.478 e. The van der Waals surface area contributed by atoms with Gasteiger partial charge in [-0.3, -0.25) is 14.9 Å². The maximum absolute atomic E-state index is 12.3. The second kappa shape index (κ2) is 6.10. The molecule has 0 aliphatic carbocycles. The van der Waals surface area contributed by atoms with Crippen molar-refractivity contribution in [1.82, 2.24) is 4.98 Å². The molecule has 0 spiro atoms. The van der Waals surface area contributed by atoms with Gasteiger partial charge >= 0.3 is 5.69 Å². The summed E-state index contributed by atoms with van der Waals surface area (Å²) in [6.45, 7) is -0.301. The summed E-state index contributed by atoms with van der Waals surface area (Å²) < 4.78 is 5.32. The first-order chi connectivity index (χ1) is 11.1. The highest BCUT2D eigenvalue weighted by Gasteiger charge is 2.18. The van der Waals surface area contributed by atoms with Crippen LogP contribution in [0.1, 0.15) is 10.4 Å². The number of benzene rings is 2. The van der Waals surface area contributed by atoms with Gasteiger partial charge in [-0.2, -0.15) is 0 Å². The number of nitro benzene ring substituents is 1. The summed E-state index contributed by atoms with van der Waals surface area (Å²) in [7, 11) is 0. The Balaban J connectivity index is 1.81. The Kier molecular flexibility index (Phi) is 3.99. The number of aromatic nitrogens is 1. The number of hydrogen-bond acceptors (Lipinski definition) is 4. The molecule has 1 heterocycles. The summed E-state index contributed by atoms with van der Waals surface area (Å²) >= 11 is 5.74. The van der Waals surface area contributed by atoms with Crippen LogP contribution in [0, 0.1) is 10.1 Å². The van der Waals surface area contributed by atoms with Gasteiger partial charge in [0, 0.05) is 33.8 Å². The minimum atomic E-state index is -0.600. The average molecular weight is 331 g/mol. The number of hydrogen-bond donors (Lipinski definition) is 1. The number of fused-ring (bicyclic) bond motifs is 1. The largest absolute Gasteiger partial charge is 0.478 e. The molecule has 0 saturated carbocycles. The third-order valence-corrected chi connectivity index (χ3v) is 3.60. The van der Waals surface area contributed by atoms with E-state index in [-0.39, 0.29) is 28.8 Å². The van der Waals surface area contributed by atoms with Gasteiger partial charge in [0.25, 0.3) is 0 Å². The molecular weight excluding hydrogens is 320 g/mol. The van der Waals surface area contributed by atoms with Gasteiger partial charge in [-0.05, 0) is 18.2 Å². The summed E-state index contributed by atoms with van der Waals surface area (Å²) in [5.74, 6) is -0.265. The first-order valence-electron chi connectivity index (χ1n) is 6.72. The predicted molar refractivity (Wildman–Crippen MR) is 86.2 cm³/mol. The zero-order valence-electron chi connectivity index (χ0n) is 11.8. The number of carbonyl (C=O) groups excluding carboxylic acids is 1. The van der Waals surface area contributed by atoms with Crippen molar-refractivity contribution in [2.24, 2.45) is 0 Å². The van der Waals surface area contributed by atoms with Crippen LogP contribution in [0.2, 0.25) is 5.02 Å². The molecule has 1 N–H and O–H groups in total. The Bertz CT molecular complexity index is 904. The molecule has 23 heavy (non-hydrogen) atoms. The Labute approximate surface area is 135 Å². The van der Waals surface area contributed by atoms with Crippen molar-refractivity contribution in [3.05, 3.63) is 69.4 Å². The van der Waals surface area contributed by atoms with Crippen molar-refractivity contribution in [1.29, 1.82) is 0 Å². The summed E-state index contributed by atoms with van der Waals surface area (Å²) in [5.41, 5.74) is 1.05. The van der Waals surface area contributed by atoms with Crippen LogP contribution < -0.4 is 4.74 Å². The lowest BCUT2D eigenvalue weighted by molar-refractivity contribution is -0.385. The molecule has 0 aliphatic heterocycles. The van der Waals surface area contributed by atoms with E-state index in [2.05, 4.69) is 4.98 Å². The van der Waals surface area contributed by atoms with E-state index in [1.54, 1.807) is 6.20 Å². The monoisotopic (exact) mass is 330 g/mol. The average Bonchev–Trinajstić information content (AvgIpc) is 2.97. The van der Waals surface area contributed by atoms with E-state index in [1.807, 2.05) is 24.3 Å². The van der Waals surface area contributed by atoms with E-state index in [1.165, 1.54) is 18.2 Å². The number of H-pyrrole nitrogens is 1. The Morgan fingerprint density at radius 3 is 2.83 bits per heavy atom. The highest BCUT2D eigenvalue weighted by molar-refractivity contribution is 6.30. The first-order valence-corrected chi connectivity index (χ1v) is 7.10. The number of carbonyl (C=O) groups is 1. The number of rotatable bonds is 5. The maximum Gasteiger partial charge on any atom is 0.312 e. The maximum atomic E-state index is 12.3. The van der Waals surface area contributed by atoms with Gasteiger partial charge in [0.1, 0.15) is 0 Å². The molecule has 0 radical (unpaired) electrons. The third kappa shape index (κ3) is 3.02. The van der Waals surface area contributed by atoms with Crippen LogP contribution in [0.25, 0.3) is 10.9 Å². The van der Waals surface area contributed by atoms with Crippen molar-refractivity contribution in [2.75, 3.05) is 6.61 Å². The molecule has 0 amide bonds. The second-order valence-corrected chi connectivity index (χ2v) is 5.27. The molecule has 2 aromatic carbocycles. The van der Waals surface area contributed by atoms with E-state index in [0.717, 1.165) is 10.9 Å². The Morgan fingerprint density at radius 1 is 1.26 bits per heavy atom. The number of ether oxygens (including phenoxy) is 1. The van der Waals surface area contributed by atoms with E-state index in [0.29, 0.717) is 5.56 Å². The lowest BCUT2D eigenvalue weighted by atomic mass is 10.1. The molecule has 6 nitrogen and oxygen atoms in total. The molecule has 0 fully saturated rings. The number of Topliss-reactive ketones (excluding diaryl/α,β-unsaturated/α-hetero) is 1. The summed E-state index contributed by atoms with van der Waals surface area (Å²) in [6.07, 6.45) is 1.60. The number of ketones is 1. The van der Waals surface area contributed by atoms with E-state index < -0.39 is 4.92 Å². The second-order valence-electron chi connectivity index (χ2n) is 4.83. The Hall–Kier alpha value is -2.86. The van der Waals surface area contributed by atoms with Crippen LogP contribution in [-0.4, -0.2) is 22.3 Å². The van der Waals surface area contributed by atoms with Crippen LogP contribution in [0.5, 0.6) is 5.75 Å². The van der Waals surface area contributed by atoms with Crippen molar-refractivity contribution in [3.63, 3.8) is 0 Å². The normalized spacial score (nSPS) is 10.7. The molecule has 0 unspecified atom stereocenters. The zero-order valence-corrected chi connectivity index (χ0v) is 12.5. The topological polar surface area (TPSA) is 85.2 Å². The zero-order chi connectivity index (χ0) is 16.4. The lowest BCUT2D eigenvalue weighted by Crippen LogP contribution is -2.12. The number of nitrogens with zero attached hydrogens (tertiary/aromatic N) is 1. The van der Waals surface area contributed by atoms with Gasteiger partial charge in [0.2, 0.25) is 5.78 Å². The van der Waals surface area contributed by atoms with Gasteiger partial charge in [-0.1, -0.05) is 29.8 Å². The van der Waals surface area contributed by atoms with Gasteiger partial charge < -0.3 is 9.72 Å². The van der Waals surface area contributed by atoms with Crippen LogP contribution in [-0.2, 0) is 0 Å². The summed E-state index contributed by atoms with van der Waals surface area (Å²) in [5, 5.41) is 12.0. The van der Waals surface area contributed by atoms with Crippen molar-refractivity contribution in [2.45, 2.75) is 0 Å². The van der Waals surface area contributed by atoms with Gasteiger partial charge in [-0.25, -0.2) is 0 Å². The molecule has 116 valence electrons. The quantitative estimate of drug-likeness (QED) is 0.435. The molecule has 0 bridgehead atoms. The number of nitro groups is 1. The van der Waals surface area contributed by atoms with Crippen LogP contribution in [0.3, 0.4) is 0 Å². The summed E-state index contributed by atoms with van der Waals surface area (Å²) in [6, 6.07) is 11.4. The highest BCUT2D eigenvalue weighted by atomic mass is 35.5. The number of halogens is 1. The molecule has 3 rings (SSSR count). The van der Waals surface area contributed by atoms with Gasteiger partial charge in [0.05, 0.1) is 4.92 Å². The van der Waals surface area contributed by atoms with Crippen LogP contribution in [0.15, 0.2) is 48.7 Å². The SMILES string of the molecule is O=C(COc1ccc(Cl)cc1[N+](=O)[O-])c1c[nH]c2ccccc12.